The van der Waals surface area contributed by atoms with E-state index in [1.165, 1.54) is 16.3 Å². The zero-order valence-electron chi connectivity index (χ0n) is 20.6. The Morgan fingerprint density at radius 1 is 0.611 bits per heavy atom. The smallest absolute Gasteiger partial charge is 0.657 e. The van der Waals surface area contributed by atoms with Crippen LogP contribution in [0.5, 0.6) is 0 Å². The van der Waals surface area contributed by atoms with Crippen molar-refractivity contribution in [1.29, 1.82) is 0 Å². The Bertz CT molecular complexity index is 1450. The summed E-state index contributed by atoms with van der Waals surface area (Å²) in [6.45, 7) is 6.66. The first-order valence-electron chi connectivity index (χ1n) is 11.9. The van der Waals surface area contributed by atoms with E-state index in [1.807, 2.05) is 60.7 Å². The summed E-state index contributed by atoms with van der Waals surface area (Å²) in [5, 5.41) is 2.50. The van der Waals surface area contributed by atoms with Crippen molar-refractivity contribution in [1.82, 2.24) is 9.97 Å². The second kappa shape index (κ2) is 10.9. The molecule has 0 unspecified atom stereocenters. The van der Waals surface area contributed by atoms with E-state index in [-0.39, 0.29) is 21.9 Å². The quantitative estimate of drug-likeness (QED) is 0.173. The van der Waals surface area contributed by atoms with Crippen LogP contribution in [0.1, 0.15) is 26.3 Å². The summed E-state index contributed by atoms with van der Waals surface area (Å²) >= 11 is 0. The Hall–Kier alpha value is -3.68. The number of rotatable bonds is 2. The Morgan fingerprint density at radius 3 is 1.47 bits per heavy atom. The zero-order valence-corrected chi connectivity index (χ0v) is 21.6. The van der Waals surface area contributed by atoms with Gasteiger partial charge in [-0.05, 0) is 27.6 Å². The molecule has 0 atom stereocenters. The summed E-state index contributed by atoms with van der Waals surface area (Å²) in [6, 6.07) is 43.3. The molecule has 0 spiro atoms. The van der Waals surface area contributed by atoms with E-state index < -0.39 is 0 Å². The monoisotopic (exact) mass is 509 g/mol. The third kappa shape index (κ3) is 5.59. The standard InChI is InChI=1S/C21H19N.C12H8N.Ni/c1-21(2,3)18-14-19(16-10-6-4-7-11-16)22-20(15-18)17-12-8-5-9-13-17;1-3-7-11-9(5-1)10-6-2-4-8-12(10)13-11;/h4-10,12,14-15H,1-3H3;1-8H;/q-2;-1;+3. The molecule has 6 aromatic rings. The molecule has 3 heteroatoms. The van der Waals surface area contributed by atoms with Gasteiger partial charge < -0.3 is 9.97 Å². The van der Waals surface area contributed by atoms with Gasteiger partial charge in [-0.2, -0.15) is 0 Å². The van der Waals surface area contributed by atoms with Crippen LogP contribution < -0.4 is 4.98 Å². The van der Waals surface area contributed by atoms with Gasteiger partial charge in [-0.1, -0.05) is 87.0 Å². The van der Waals surface area contributed by atoms with E-state index in [0.29, 0.717) is 0 Å². The third-order valence-electron chi connectivity index (χ3n) is 6.00. The van der Waals surface area contributed by atoms with Crippen LogP contribution in [-0.2, 0) is 21.9 Å². The van der Waals surface area contributed by atoms with Crippen molar-refractivity contribution in [3.63, 3.8) is 0 Å². The van der Waals surface area contributed by atoms with Crippen LogP contribution in [0.15, 0.2) is 109 Å². The van der Waals surface area contributed by atoms with Crippen molar-refractivity contribution in [3.8, 4) is 22.5 Å². The molecule has 0 aliphatic carbocycles. The van der Waals surface area contributed by atoms with Crippen LogP contribution in [0.3, 0.4) is 0 Å². The van der Waals surface area contributed by atoms with Crippen LogP contribution in [0.2, 0.25) is 0 Å². The Kier molecular flexibility index (Phi) is 7.72. The molecule has 2 heterocycles. The molecule has 0 amide bonds. The van der Waals surface area contributed by atoms with Gasteiger partial charge in [-0.3, -0.25) is 0 Å². The summed E-state index contributed by atoms with van der Waals surface area (Å²) < 4.78 is 0. The van der Waals surface area contributed by atoms with Crippen molar-refractivity contribution < 1.29 is 16.5 Å². The number of benzene rings is 4. The second-order valence-electron chi connectivity index (χ2n) is 9.57. The van der Waals surface area contributed by atoms with Crippen molar-refractivity contribution >= 4 is 21.8 Å². The van der Waals surface area contributed by atoms with Gasteiger partial charge in [0, 0.05) is 0 Å². The fourth-order valence-electron chi connectivity index (χ4n) is 4.07. The van der Waals surface area contributed by atoms with Gasteiger partial charge in [-0.15, -0.1) is 82.8 Å². The van der Waals surface area contributed by atoms with Crippen LogP contribution in [-0.4, -0.2) is 4.98 Å². The van der Waals surface area contributed by atoms with Crippen LogP contribution in [0.4, 0.5) is 0 Å². The minimum absolute atomic E-state index is 0. The molecule has 2 aromatic heterocycles. The van der Waals surface area contributed by atoms with Crippen molar-refractivity contribution in [2.45, 2.75) is 26.2 Å². The summed E-state index contributed by atoms with van der Waals surface area (Å²) in [7, 11) is 0. The van der Waals surface area contributed by atoms with Gasteiger partial charge in [0.25, 0.3) is 0 Å². The zero-order chi connectivity index (χ0) is 24.3. The number of pyridine rings is 1. The van der Waals surface area contributed by atoms with E-state index >= 15 is 0 Å². The largest absolute Gasteiger partial charge is 3.00 e. The maximum absolute atomic E-state index is 4.82. The average molecular weight is 510 g/mol. The molecule has 0 saturated carbocycles. The SMILES string of the molecule is CC(C)(C)c1cc(-c2[c-]cccc2)nc(-c2[c-]cccc2)c1.[Ni+3].c1ccc2c(c1)[n-]c1ccccc12. The summed E-state index contributed by atoms with van der Waals surface area (Å²) in [4.78, 5) is 9.34. The first kappa shape index (κ1) is 25.4. The minimum Gasteiger partial charge on any atom is -0.657 e. The molecule has 0 bridgehead atoms. The molecular weight excluding hydrogens is 483 g/mol. The van der Waals surface area contributed by atoms with Crippen molar-refractivity contribution in [2.24, 2.45) is 0 Å². The maximum Gasteiger partial charge on any atom is 3.00 e. The summed E-state index contributed by atoms with van der Waals surface area (Å²) in [5.41, 5.74) is 7.46. The second-order valence-corrected chi connectivity index (χ2v) is 9.57. The molecule has 0 N–H and O–H groups in total. The maximum atomic E-state index is 4.82. The van der Waals surface area contributed by atoms with Crippen LogP contribution >= 0.6 is 0 Å². The summed E-state index contributed by atoms with van der Waals surface area (Å²) in [6.07, 6.45) is 0. The van der Waals surface area contributed by atoms with E-state index in [2.05, 4.69) is 86.4 Å². The first-order chi connectivity index (χ1) is 17.0. The molecule has 179 valence electrons. The normalized spacial score (nSPS) is 11.0. The number of aromatic nitrogens is 2. The van der Waals surface area contributed by atoms with Crippen LogP contribution in [0.25, 0.3) is 44.3 Å². The molecular formula is C33H27N2Ni. The van der Waals surface area contributed by atoms with E-state index in [9.17, 15) is 0 Å². The molecule has 1 radical (unpaired) electrons. The Morgan fingerprint density at radius 2 is 1.06 bits per heavy atom. The number of nitrogens with zero attached hydrogens (tertiary/aromatic N) is 2. The van der Waals surface area contributed by atoms with E-state index in [4.69, 9.17) is 4.98 Å². The molecule has 4 aromatic carbocycles. The predicted molar refractivity (Wildman–Crippen MR) is 146 cm³/mol. The van der Waals surface area contributed by atoms with E-state index in [1.54, 1.807) is 0 Å². The van der Waals surface area contributed by atoms with Gasteiger partial charge in [0.05, 0.1) is 0 Å². The average Bonchev–Trinajstić information content (AvgIpc) is 3.28. The Balaban J connectivity index is 0.000000185. The first-order valence-corrected chi connectivity index (χ1v) is 11.9. The van der Waals surface area contributed by atoms with Crippen molar-refractivity contribution in [3.05, 3.63) is 127 Å². The molecule has 36 heavy (non-hydrogen) atoms. The third-order valence-corrected chi connectivity index (χ3v) is 6.00. The molecule has 0 aliphatic heterocycles. The molecule has 0 fully saturated rings. The van der Waals surface area contributed by atoms with Gasteiger partial charge >= 0.3 is 16.5 Å². The minimum atomic E-state index is 0. The van der Waals surface area contributed by atoms with Crippen LogP contribution in [0, 0.1) is 12.1 Å². The number of fused-ring (bicyclic) bond motifs is 3. The molecule has 0 saturated heterocycles. The summed E-state index contributed by atoms with van der Waals surface area (Å²) in [5.74, 6) is 0. The van der Waals surface area contributed by atoms with Gasteiger partial charge in [0.15, 0.2) is 0 Å². The molecule has 2 nitrogen and oxygen atoms in total. The topological polar surface area (TPSA) is 27.0 Å². The fourth-order valence-corrected chi connectivity index (χ4v) is 4.07. The molecule has 6 rings (SSSR count). The Labute approximate surface area is 223 Å². The van der Waals surface area contributed by atoms with Gasteiger partial charge in [-0.25, -0.2) is 0 Å². The number of para-hydroxylation sites is 2. The van der Waals surface area contributed by atoms with Gasteiger partial charge in [0.2, 0.25) is 0 Å². The van der Waals surface area contributed by atoms with Crippen molar-refractivity contribution in [2.75, 3.05) is 0 Å². The van der Waals surface area contributed by atoms with E-state index in [0.717, 1.165) is 33.5 Å². The predicted octanol–water partition coefficient (Wildman–Crippen LogP) is 8.26. The number of hydrogen-bond acceptors (Lipinski definition) is 1. The van der Waals surface area contributed by atoms with Gasteiger partial charge in [0.1, 0.15) is 0 Å². The number of hydrogen-bond donors (Lipinski definition) is 0. The fraction of sp³-hybridized carbons (Fsp3) is 0.121. The molecule has 0 aliphatic rings.